The van der Waals surface area contributed by atoms with Gasteiger partial charge in [0, 0.05) is 27.6 Å². The van der Waals surface area contributed by atoms with Gasteiger partial charge < -0.3 is 9.30 Å². The largest absolute Gasteiger partial charge is 0.465 e. The Morgan fingerprint density at radius 1 is 1.25 bits per heavy atom. The molecule has 3 aromatic rings. The second-order valence-electron chi connectivity index (χ2n) is 6.48. The number of benzene rings is 2. The summed E-state index contributed by atoms with van der Waals surface area (Å²) in [5, 5.41) is 0.639. The molecule has 28 heavy (non-hydrogen) atoms. The van der Waals surface area contributed by atoms with E-state index in [9.17, 15) is 17.6 Å². The maximum Gasteiger partial charge on any atom is 0.340 e. The number of anilines is 1. The summed E-state index contributed by atoms with van der Waals surface area (Å²) in [4.78, 5) is 12.3. The number of carbonyl (C=O) groups is 1. The lowest BCUT2D eigenvalue weighted by Gasteiger charge is -2.14. The Labute approximate surface area is 169 Å². The molecule has 1 aliphatic rings. The number of ether oxygens (including phenoxy) is 1. The monoisotopic (exact) mass is 466 g/mol. The van der Waals surface area contributed by atoms with Gasteiger partial charge in [-0.05, 0) is 65.2 Å². The van der Waals surface area contributed by atoms with Gasteiger partial charge in [-0.15, -0.1) is 0 Å². The Balaban J connectivity index is 1.85. The van der Waals surface area contributed by atoms with Crippen LogP contribution in [0.4, 0.5) is 10.1 Å². The molecule has 0 aliphatic carbocycles. The fourth-order valence-electron chi connectivity index (χ4n) is 3.58. The summed E-state index contributed by atoms with van der Waals surface area (Å²) in [7, 11) is -2.82. The Morgan fingerprint density at radius 3 is 2.75 bits per heavy atom. The van der Waals surface area contributed by atoms with E-state index in [1.165, 1.54) is 7.11 Å². The van der Waals surface area contributed by atoms with Gasteiger partial charge in [-0.2, -0.15) is 0 Å². The summed E-state index contributed by atoms with van der Waals surface area (Å²) < 4.78 is 48.6. The van der Waals surface area contributed by atoms with Gasteiger partial charge in [-0.1, -0.05) is 0 Å². The van der Waals surface area contributed by atoms with Crippen molar-refractivity contribution < 1.29 is 22.3 Å². The van der Waals surface area contributed by atoms with E-state index in [4.69, 9.17) is 4.74 Å². The molecule has 2 heterocycles. The predicted molar refractivity (Wildman–Crippen MR) is 107 cm³/mol. The van der Waals surface area contributed by atoms with Crippen LogP contribution < -0.4 is 4.72 Å². The first-order chi connectivity index (χ1) is 13.3. The van der Waals surface area contributed by atoms with Crippen molar-refractivity contribution in [2.75, 3.05) is 11.8 Å². The van der Waals surface area contributed by atoms with Crippen molar-refractivity contribution in [1.82, 2.24) is 4.57 Å². The van der Waals surface area contributed by atoms with Gasteiger partial charge in [0.1, 0.15) is 10.7 Å². The van der Waals surface area contributed by atoms with Gasteiger partial charge in [0.05, 0.1) is 18.4 Å². The Kier molecular flexibility index (Phi) is 4.67. The van der Waals surface area contributed by atoms with Crippen molar-refractivity contribution >= 4 is 48.5 Å². The van der Waals surface area contributed by atoms with Gasteiger partial charge in [0.25, 0.3) is 10.0 Å². The third-order valence-electron chi connectivity index (χ3n) is 4.80. The SMILES string of the molecule is COC(=O)c1c(NS(=O)(=O)c2ccc(F)cc2Br)ccc2c1cc1n2CCC1. The fraction of sp³-hybridized carbons (Fsp3) is 0.211. The second-order valence-corrected chi connectivity index (χ2v) is 8.99. The number of carbonyl (C=O) groups excluding carboxylic acids is 1. The molecule has 0 fully saturated rings. The van der Waals surface area contributed by atoms with Crippen LogP contribution in [0.5, 0.6) is 0 Å². The number of sulfonamides is 1. The summed E-state index contributed by atoms with van der Waals surface area (Å²) >= 11 is 3.07. The van der Waals surface area contributed by atoms with E-state index in [-0.39, 0.29) is 20.6 Å². The Morgan fingerprint density at radius 2 is 2.04 bits per heavy atom. The van der Waals surface area contributed by atoms with E-state index >= 15 is 0 Å². The van der Waals surface area contributed by atoms with Crippen molar-refractivity contribution in [1.29, 1.82) is 0 Å². The van der Waals surface area contributed by atoms with E-state index in [0.717, 1.165) is 48.8 Å². The van der Waals surface area contributed by atoms with Gasteiger partial charge in [0.2, 0.25) is 0 Å². The van der Waals surface area contributed by atoms with E-state index in [2.05, 4.69) is 25.2 Å². The van der Waals surface area contributed by atoms with Gasteiger partial charge in [-0.25, -0.2) is 17.6 Å². The number of nitrogens with one attached hydrogen (secondary N) is 1. The van der Waals surface area contributed by atoms with E-state index in [1.807, 2.05) is 6.07 Å². The highest BCUT2D eigenvalue weighted by Gasteiger charge is 2.26. The lowest BCUT2D eigenvalue weighted by atomic mass is 10.1. The fourth-order valence-corrected chi connectivity index (χ4v) is 5.70. The number of aromatic nitrogens is 1. The molecule has 6 nitrogen and oxygen atoms in total. The zero-order valence-corrected chi connectivity index (χ0v) is 17.2. The molecular formula is C19H16BrFN2O4S. The minimum absolute atomic E-state index is 0.0866. The molecule has 1 N–H and O–H groups in total. The second kappa shape index (κ2) is 6.89. The molecule has 9 heteroatoms. The molecule has 0 bridgehead atoms. The van der Waals surface area contributed by atoms with Crippen LogP contribution in [0.15, 0.2) is 45.8 Å². The van der Waals surface area contributed by atoms with Crippen LogP contribution in [-0.4, -0.2) is 26.1 Å². The number of esters is 1. The highest BCUT2D eigenvalue weighted by molar-refractivity contribution is 9.10. The summed E-state index contributed by atoms with van der Waals surface area (Å²) in [5.74, 6) is -1.20. The van der Waals surface area contributed by atoms with Gasteiger partial charge in [0.15, 0.2) is 0 Å². The smallest absolute Gasteiger partial charge is 0.340 e. The standard InChI is InChI=1S/C19H16BrFN2O4S/c1-27-19(24)18-13-10-12-3-2-8-23(12)16(13)6-5-15(18)22-28(25,26)17-7-4-11(21)9-14(17)20/h4-7,9-10,22H,2-3,8H2,1H3. The molecule has 1 aliphatic heterocycles. The molecule has 0 spiro atoms. The molecule has 0 atom stereocenters. The number of aryl methyl sites for hydroxylation is 2. The highest BCUT2D eigenvalue weighted by atomic mass is 79.9. The number of methoxy groups -OCH3 is 1. The molecule has 0 unspecified atom stereocenters. The first-order valence-corrected chi connectivity index (χ1v) is 10.8. The quantitative estimate of drug-likeness (QED) is 0.587. The van der Waals surface area contributed by atoms with E-state index < -0.39 is 21.8 Å². The van der Waals surface area contributed by atoms with Crippen molar-refractivity contribution in [2.24, 2.45) is 0 Å². The molecule has 146 valence electrons. The Hall–Kier alpha value is -2.39. The molecular weight excluding hydrogens is 451 g/mol. The number of nitrogens with zero attached hydrogens (tertiary/aromatic N) is 1. The first-order valence-electron chi connectivity index (χ1n) is 8.53. The Bertz CT molecular complexity index is 1220. The molecule has 0 saturated carbocycles. The van der Waals surface area contributed by atoms with E-state index in [0.29, 0.717) is 5.39 Å². The summed E-state index contributed by atoms with van der Waals surface area (Å²) in [6.45, 7) is 0.854. The predicted octanol–water partition coefficient (Wildman–Crippen LogP) is 4.08. The third kappa shape index (κ3) is 3.08. The minimum Gasteiger partial charge on any atom is -0.465 e. The number of rotatable bonds is 4. The van der Waals surface area contributed by atoms with Crippen LogP contribution in [0.2, 0.25) is 0 Å². The van der Waals surface area contributed by atoms with Crippen molar-refractivity contribution in [3.8, 4) is 0 Å². The van der Waals surface area contributed by atoms with E-state index in [1.54, 1.807) is 12.1 Å². The molecule has 1 aromatic heterocycles. The zero-order chi connectivity index (χ0) is 20.1. The molecule has 4 rings (SSSR count). The number of hydrogen-bond acceptors (Lipinski definition) is 4. The van der Waals surface area contributed by atoms with Crippen molar-refractivity contribution in [3.05, 3.63) is 57.9 Å². The summed E-state index contributed by atoms with van der Waals surface area (Å²) in [6, 6.07) is 8.52. The first kappa shape index (κ1) is 18.9. The maximum atomic E-state index is 13.3. The molecule has 0 saturated heterocycles. The topological polar surface area (TPSA) is 77.4 Å². The lowest BCUT2D eigenvalue weighted by molar-refractivity contribution is 0.0604. The zero-order valence-electron chi connectivity index (χ0n) is 14.8. The molecule has 2 aromatic carbocycles. The maximum absolute atomic E-state index is 13.3. The third-order valence-corrected chi connectivity index (χ3v) is 7.15. The van der Waals surface area contributed by atoms with Gasteiger partial charge >= 0.3 is 5.97 Å². The van der Waals surface area contributed by atoms with Crippen LogP contribution >= 0.6 is 15.9 Å². The summed E-state index contributed by atoms with van der Waals surface area (Å²) in [5.41, 5.74) is 2.23. The lowest BCUT2D eigenvalue weighted by Crippen LogP contribution is -2.17. The molecule has 0 radical (unpaired) electrons. The number of hydrogen-bond donors (Lipinski definition) is 1. The normalized spacial score (nSPS) is 13.5. The van der Waals surface area contributed by atoms with Crippen LogP contribution in [0.1, 0.15) is 22.5 Å². The van der Waals surface area contributed by atoms with Crippen LogP contribution in [0.3, 0.4) is 0 Å². The van der Waals surface area contributed by atoms with Crippen LogP contribution in [-0.2, 0) is 27.7 Å². The summed E-state index contributed by atoms with van der Waals surface area (Å²) in [6.07, 6.45) is 1.94. The van der Waals surface area contributed by atoms with Crippen molar-refractivity contribution in [3.63, 3.8) is 0 Å². The average Bonchev–Trinajstić information content (AvgIpc) is 3.21. The number of fused-ring (bicyclic) bond motifs is 3. The highest BCUT2D eigenvalue weighted by Crippen LogP contribution is 2.34. The molecule has 0 amide bonds. The average molecular weight is 467 g/mol. The van der Waals surface area contributed by atoms with Crippen LogP contribution in [0.25, 0.3) is 10.9 Å². The number of halogens is 2. The van der Waals surface area contributed by atoms with Crippen LogP contribution in [0, 0.1) is 5.82 Å². The van der Waals surface area contributed by atoms with Gasteiger partial charge in [-0.3, -0.25) is 4.72 Å². The minimum atomic E-state index is -4.07. The van der Waals surface area contributed by atoms with Crippen molar-refractivity contribution in [2.45, 2.75) is 24.3 Å².